The van der Waals surface area contributed by atoms with Gasteiger partial charge in [-0.15, -0.1) is 0 Å². The Labute approximate surface area is 144 Å². The summed E-state index contributed by atoms with van der Waals surface area (Å²) in [6.45, 7) is 8.98. The number of hydrogen-bond acceptors (Lipinski definition) is 4. The van der Waals surface area contributed by atoms with Crippen molar-refractivity contribution in [2.45, 2.75) is 6.92 Å². The van der Waals surface area contributed by atoms with Gasteiger partial charge in [-0.3, -0.25) is 0 Å². The number of aromatic nitrogens is 2. The first kappa shape index (κ1) is 15.8. The van der Waals surface area contributed by atoms with Crippen LogP contribution in [0, 0.1) is 13.5 Å². The third-order valence-electron chi connectivity index (χ3n) is 3.48. The lowest BCUT2D eigenvalue weighted by atomic mass is 10.1. The predicted molar refractivity (Wildman–Crippen MR) is 94.9 cm³/mol. The highest BCUT2D eigenvalue weighted by atomic mass is 35.5. The Morgan fingerprint density at radius 3 is 2.54 bits per heavy atom. The van der Waals surface area contributed by atoms with E-state index in [1.54, 1.807) is 18.2 Å². The minimum Gasteiger partial charge on any atom is -0.503 e. The van der Waals surface area contributed by atoms with E-state index in [-0.39, 0.29) is 11.6 Å². The number of hydrogen-bond donors (Lipinski definition) is 2. The highest BCUT2D eigenvalue weighted by molar-refractivity contribution is 6.33. The lowest BCUT2D eigenvalue weighted by molar-refractivity contribution is 0.475. The third kappa shape index (κ3) is 3.14. The standard InChI is InChI=1S/C18H13ClN4O/c1-11-3-5-12(6-4-11)16-17(24)18(22-10-21-16)23-15-8-7-13(20-2)9-14(15)19/h3-10,24H,1H3,(H,21,22,23). The average Bonchev–Trinajstić information content (AvgIpc) is 2.59. The molecule has 0 saturated carbocycles. The first-order valence-corrected chi connectivity index (χ1v) is 7.51. The van der Waals surface area contributed by atoms with Crippen LogP contribution in [-0.2, 0) is 0 Å². The van der Waals surface area contributed by atoms with E-state index < -0.39 is 0 Å². The van der Waals surface area contributed by atoms with Gasteiger partial charge < -0.3 is 10.4 Å². The maximum Gasteiger partial charge on any atom is 0.188 e. The van der Waals surface area contributed by atoms with Crippen LogP contribution < -0.4 is 5.32 Å². The van der Waals surface area contributed by atoms with Crippen LogP contribution in [0.5, 0.6) is 5.75 Å². The summed E-state index contributed by atoms with van der Waals surface area (Å²) in [5.41, 5.74) is 3.34. The van der Waals surface area contributed by atoms with Gasteiger partial charge in [-0.1, -0.05) is 47.5 Å². The van der Waals surface area contributed by atoms with Gasteiger partial charge in [0.2, 0.25) is 0 Å². The first-order chi connectivity index (χ1) is 11.6. The molecule has 0 radical (unpaired) electrons. The minimum atomic E-state index is -0.0633. The van der Waals surface area contributed by atoms with E-state index in [2.05, 4.69) is 20.1 Å². The van der Waals surface area contributed by atoms with Crippen LogP contribution in [0.3, 0.4) is 0 Å². The molecule has 2 N–H and O–H groups in total. The lowest BCUT2D eigenvalue weighted by Gasteiger charge is -2.11. The molecular formula is C18H13ClN4O. The van der Waals surface area contributed by atoms with Crippen LogP contribution in [0.15, 0.2) is 48.8 Å². The van der Waals surface area contributed by atoms with Crippen molar-refractivity contribution in [3.63, 3.8) is 0 Å². The summed E-state index contributed by atoms with van der Waals surface area (Å²) < 4.78 is 0. The summed E-state index contributed by atoms with van der Waals surface area (Å²) in [5.74, 6) is 0.185. The van der Waals surface area contributed by atoms with Gasteiger partial charge in [0.15, 0.2) is 17.3 Å². The second-order valence-electron chi connectivity index (χ2n) is 5.19. The zero-order valence-corrected chi connectivity index (χ0v) is 13.5. The molecule has 0 aliphatic carbocycles. The Morgan fingerprint density at radius 2 is 1.88 bits per heavy atom. The Hall–Kier alpha value is -3.10. The van der Waals surface area contributed by atoms with Crippen molar-refractivity contribution in [1.82, 2.24) is 9.97 Å². The molecule has 3 rings (SSSR count). The van der Waals surface area contributed by atoms with E-state index in [0.29, 0.717) is 22.1 Å². The molecule has 0 saturated heterocycles. The summed E-state index contributed by atoms with van der Waals surface area (Å²) >= 11 is 6.15. The van der Waals surface area contributed by atoms with Crippen LogP contribution in [0.1, 0.15) is 5.56 Å². The van der Waals surface area contributed by atoms with Gasteiger partial charge in [0.25, 0.3) is 0 Å². The Balaban J connectivity index is 1.97. The summed E-state index contributed by atoms with van der Waals surface area (Å²) in [5, 5.41) is 13.8. The fourth-order valence-corrected chi connectivity index (χ4v) is 2.42. The van der Waals surface area contributed by atoms with Gasteiger partial charge in [0.05, 0.1) is 17.3 Å². The molecule has 3 aromatic rings. The highest BCUT2D eigenvalue weighted by Crippen LogP contribution is 2.36. The summed E-state index contributed by atoms with van der Waals surface area (Å²) in [6, 6.07) is 12.5. The summed E-state index contributed by atoms with van der Waals surface area (Å²) in [7, 11) is 0. The predicted octanol–water partition coefficient (Wildman–Crippen LogP) is 5.11. The maximum atomic E-state index is 10.5. The molecule has 1 aromatic heterocycles. The maximum absolute atomic E-state index is 10.5. The molecule has 0 fully saturated rings. The van der Waals surface area contributed by atoms with Gasteiger partial charge in [0, 0.05) is 5.56 Å². The average molecular weight is 337 g/mol. The lowest BCUT2D eigenvalue weighted by Crippen LogP contribution is -1.97. The zero-order chi connectivity index (χ0) is 17.1. The molecule has 24 heavy (non-hydrogen) atoms. The van der Waals surface area contributed by atoms with Crippen molar-refractivity contribution in [2.75, 3.05) is 5.32 Å². The second-order valence-corrected chi connectivity index (χ2v) is 5.59. The second kappa shape index (κ2) is 6.57. The van der Waals surface area contributed by atoms with Crippen molar-refractivity contribution in [2.24, 2.45) is 0 Å². The molecule has 6 heteroatoms. The van der Waals surface area contributed by atoms with Gasteiger partial charge in [-0.05, 0) is 19.1 Å². The Kier molecular flexibility index (Phi) is 4.32. The molecule has 0 atom stereocenters. The number of rotatable bonds is 3. The molecule has 2 aromatic carbocycles. The molecule has 1 heterocycles. The molecule has 0 aliphatic rings. The normalized spacial score (nSPS) is 10.2. The molecule has 0 aliphatic heterocycles. The number of aryl methyl sites for hydroxylation is 1. The van der Waals surface area contributed by atoms with Crippen LogP contribution in [0.2, 0.25) is 5.02 Å². The Bertz CT molecular complexity index is 933. The highest BCUT2D eigenvalue weighted by Gasteiger charge is 2.13. The van der Waals surface area contributed by atoms with E-state index in [4.69, 9.17) is 18.2 Å². The molecule has 0 bridgehead atoms. The van der Waals surface area contributed by atoms with Crippen LogP contribution in [0.4, 0.5) is 17.2 Å². The van der Waals surface area contributed by atoms with Crippen molar-refractivity contribution in [3.8, 4) is 17.0 Å². The van der Waals surface area contributed by atoms with Crippen molar-refractivity contribution >= 4 is 28.8 Å². The monoisotopic (exact) mass is 336 g/mol. The van der Waals surface area contributed by atoms with Crippen LogP contribution in [0.25, 0.3) is 16.1 Å². The van der Waals surface area contributed by atoms with Gasteiger partial charge in [0.1, 0.15) is 12.0 Å². The number of benzene rings is 2. The number of anilines is 2. The number of halogens is 1. The SMILES string of the molecule is [C-]#[N+]c1ccc(Nc2ncnc(-c3ccc(C)cc3)c2O)c(Cl)c1. The molecule has 118 valence electrons. The van der Waals surface area contributed by atoms with Gasteiger partial charge in [-0.2, -0.15) is 0 Å². The van der Waals surface area contributed by atoms with Crippen molar-refractivity contribution in [3.05, 3.63) is 70.8 Å². The molecule has 0 amide bonds. The third-order valence-corrected chi connectivity index (χ3v) is 3.79. The number of nitrogens with zero attached hydrogens (tertiary/aromatic N) is 3. The zero-order valence-electron chi connectivity index (χ0n) is 12.8. The molecule has 0 unspecified atom stereocenters. The van der Waals surface area contributed by atoms with Crippen molar-refractivity contribution < 1.29 is 5.11 Å². The smallest absolute Gasteiger partial charge is 0.188 e. The molecule has 5 nitrogen and oxygen atoms in total. The molecule has 0 spiro atoms. The van der Waals surface area contributed by atoms with E-state index in [1.165, 1.54) is 6.33 Å². The Morgan fingerprint density at radius 1 is 1.12 bits per heavy atom. The summed E-state index contributed by atoms with van der Waals surface area (Å²) in [4.78, 5) is 11.5. The van der Waals surface area contributed by atoms with Gasteiger partial charge >= 0.3 is 0 Å². The quantitative estimate of drug-likeness (QED) is 0.653. The van der Waals surface area contributed by atoms with E-state index in [0.717, 1.165) is 11.1 Å². The van der Waals surface area contributed by atoms with E-state index in [9.17, 15) is 5.11 Å². The van der Waals surface area contributed by atoms with Crippen LogP contribution in [-0.4, -0.2) is 15.1 Å². The van der Waals surface area contributed by atoms with E-state index in [1.807, 2.05) is 31.2 Å². The first-order valence-electron chi connectivity index (χ1n) is 7.13. The largest absolute Gasteiger partial charge is 0.503 e. The summed E-state index contributed by atoms with van der Waals surface area (Å²) in [6.07, 6.45) is 1.37. The fourth-order valence-electron chi connectivity index (χ4n) is 2.20. The van der Waals surface area contributed by atoms with Crippen molar-refractivity contribution in [1.29, 1.82) is 0 Å². The molecular weight excluding hydrogens is 324 g/mol. The fraction of sp³-hybridized carbons (Fsp3) is 0.0556. The minimum absolute atomic E-state index is 0.0633. The van der Waals surface area contributed by atoms with Crippen LogP contribution >= 0.6 is 11.6 Å². The number of aromatic hydroxyl groups is 1. The topological polar surface area (TPSA) is 62.4 Å². The number of nitrogens with one attached hydrogen (secondary N) is 1. The van der Waals surface area contributed by atoms with Gasteiger partial charge in [-0.25, -0.2) is 14.8 Å². The van der Waals surface area contributed by atoms with E-state index >= 15 is 0 Å².